The molecule has 2 atom stereocenters. The van der Waals surface area contributed by atoms with E-state index in [0.29, 0.717) is 23.8 Å². The maximum atomic E-state index is 11.3. The molecule has 0 bridgehead atoms. The Morgan fingerprint density at radius 2 is 1.95 bits per heavy atom. The van der Waals surface area contributed by atoms with Crippen molar-refractivity contribution in [3.63, 3.8) is 0 Å². The molecule has 2 aliphatic rings. The van der Waals surface area contributed by atoms with Crippen LogP contribution < -0.4 is 0 Å². The second-order valence-electron chi connectivity index (χ2n) is 6.93. The summed E-state index contributed by atoms with van der Waals surface area (Å²) in [5.41, 5.74) is 0. The van der Waals surface area contributed by atoms with E-state index in [1.807, 2.05) is 0 Å². The molecule has 0 aliphatic carbocycles. The Labute approximate surface area is 124 Å². The third-order valence-electron chi connectivity index (χ3n) is 4.81. The fourth-order valence-corrected chi connectivity index (χ4v) is 4.34. The fourth-order valence-electron chi connectivity index (χ4n) is 3.69. The van der Waals surface area contributed by atoms with Crippen LogP contribution in [0.5, 0.6) is 0 Å². The highest BCUT2D eigenvalue weighted by molar-refractivity contribution is 7.90. The van der Waals surface area contributed by atoms with E-state index in [1.54, 1.807) is 0 Å². The maximum absolute atomic E-state index is 11.3. The molecule has 2 fully saturated rings. The summed E-state index contributed by atoms with van der Waals surface area (Å²) in [6.07, 6.45) is 6.12. The Morgan fingerprint density at radius 1 is 1.20 bits per heavy atom. The first-order chi connectivity index (χ1) is 9.37. The van der Waals surface area contributed by atoms with Gasteiger partial charge in [-0.1, -0.05) is 20.3 Å². The molecule has 5 heteroatoms. The first-order valence-corrected chi connectivity index (χ1v) is 10.1. The number of fused-ring (bicyclic) bond motifs is 1. The van der Waals surface area contributed by atoms with Gasteiger partial charge in [-0.05, 0) is 38.3 Å². The van der Waals surface area contributed by atoms with Crippen LogP contribution in [0.2, 0.25) is 0 Å². The molecule has 2 aliphatic heterocycles. The van der Waals surface area contributed by atoms with Gasteiger partial charge in [-0.25, -0.2) is 8.42 Å². The summed E-state index contributed by atoms with van der Waals surface area (Å²) in [5, 5.41) is 0. The summed E-state index contributed by atoms with van der Waals surface area (Å²) in [6, 6.07) is 1.29. The van der Waals surface area contributed by atoms with Crippen LogP contribution in [0.25, 0.3) is 0 Å². The summed E-state index contributed by atoms with van der Waals surface area (Å²) >= 11 is 0. The zero-order valence-electron chi connectivity index (χ0n) is 13.2. The standard InChI is InChI=1S/C15H30N2O2S/c1-13(2)15-12-16-8-5-4-7-14(16)11-17(15)9-6-10-20(3,18)19/h13-15H,4-12H2,1-3H3. The lowest BCUT2D eigenvalue weighted by atomic mass is 9.92. The number of hydrogen-bond donors (Lipinski definition) is 0. The van der Waals surface area contributed by atoms with E-state index in [9.17, 15) is 8.42 Å². The topological polar surface area (TPSA) is 40.6 Å². The molecule has 0 aromatic heterocycles. The molecule has 4 nitrogen and oxygen atoms in total. The molecule has 0 radical (unpaired) electrons. The predicted octanol–water partition coefficient (Wildman–Crippen LogP) is 1.62. The minimum Gasteiger partial charge on any atom is -0.298 e. The first kappa shape index (κ1) is 16.2. The lowest BCUT2D eigenvalue weighted by molar-refractivity contribution is -0.00712. The summed E-state index contributed by atoms with van der Waals surface area (Å²) in [5.74, 6) is 0.957. The van der Waals surface area contributed by atoms with Gasteiger partial charge < -0.3 is 0 Å². The molecule has 0 aromatic rings. The van der Waals surface area contributed by atoms with Gasteiger partial charge in [-0.15, -0.1) is 0 Å². The van der Waals surface area contributed by atoms with Crippen LogP contribution in [0.15, 0.2) is 0 Å². The maximum Gasteiger partial charge on any atom is 0.147 e. The van der Waals surface area contributed by atoms with E-state index in [1.165, 1.54) is 38.6 Å². The SMILES string of the molecule is CC(C)C1CN2CCCCC2CN1CCCS(C)(=O)=O. The molecule has 0 aromatic carbocycles. The highest BCUT2D eigenvalue weighted by Gasteiger charge is 2.35. The lowest BCUT2D eigenvalue weighted by Gasteiger charge is -2.50. The molecule has 2 rings (SSSR count). The van der Waals surface area contributed by atoms with E-state index >= 15 is 0 Å². The van der Waals surface area contributed by atoms with Gasteiger partial charge in [0.2, 0.25) is 0 Å². The Hall–Kier alpha value is -0.130. The van der Waals surface area contributed by atoms with Crippen LogP contribution in [0.1, 0.15) is 39.5 Å². The number of piperazine rings is 1. The summed E-state index contributed by atoms with van der Waals surface area (Å²) in [6.45, 7) is 9.07. The van der Waals surface area contributed by atoms with E-state index in [4.69, 9.17) is 0 Å². The van der Waals surface area contributed by atoms with E-state index in [2.05, 4.69) is 23.6 Å². The van der Waals surface area contributed by atoms with Crippen molar-refractivity contribution >= 4 is 9.84 Å². The van der Waals surface area contributed by atoms with Crippen LogP contribution in [0.4, 0.5) is 0 Å². The molecule has 0 saturated carbocycles. The zero-order chi connectivity index (χ0) is 14.8. The molecule has 0 N–H and O–H groups in total. The monoisotopic (exact) mass is 302 g/mol. The molecule has 2 heterocycles. The normalized spacial score (nSPS) is 29.6. The van der Waals surface area contributed by atoms with Crippen LogP contribution in [-0.4, -0.2) is 68.5 Å². The van der Waals surface area contributed by atoms with E-state index in [0.717, 1.165) is 19.5 Å². The Kier molecular flexibility index (Phi) is 5.49. The van der Waals surface area contributed by atoms with Gasteiger partial charge >= 0.3 is 0 Å². The number of hydrogen-bond acceptors (Lipinski definition) is 4. The molecule has 118 valence electrons. The number of nitrogens with zero attached hydrogens (tertiary/aromatic N) is 2. The van der Waals surface area contributed by atoms with Crippen LogP contribution in [-0.2, 0) is 9.84 Å². The van der Waals surface area contributed by atoms with Crippen molar-refractivity contribution in [2.75, 3.05) is 38.2 Å². The Balaban J connectivity index is 1.93. The summed E-state index contributed by atoms with van der Waals surface area (Å²) in [7, 11) is -2.82. The Morgan fingerprint density at radius 3 is 2.60 bits per heavy atom. The van der Waals surface area contributed by atoms with Crippen molar-refractivity contribution in [1.29, 1.82) is 0 Å². The van der Waals surface area contributed by atoms with Gasteiger partial charge in [-0.3, -0.25) is 9.80 Å². The smallest absolute Gasteiger partial charge is 0.147 e. The highest BCUT2D eigenvalue weighted by atomic mass is 32.2. The quantitative estimate of drug-likeness (QED) is 0.774. The second kappa shape index (κ2) is 6.75. The first-order valence-electron chi connectivity index (χ1n) is 8.02. The minimum absolute atomic E-state index is 0.322. The number of sulfone groups is 1. The molecule has 0 amide bonds. The van der Waals surface area contributed by atoms with Crippen molar-refractivity contribution in [2.24, 2.45) is 5.92 Å². The minimum atomic E-state index is -2.82. The van der Waals surface area contributed by atoms with Crippen LogP contribution in [0, 0.1) is 5.92 Å². The molecule has 20 heavy (non-hydrogen) atoms. The largest absolute Gasteiger partial charge is 0.298 e. The number of piperidine rings is 1. The van der Waals surface area contributed by atoms with Crippen molar-refractivity contribution in [3.05, 3.63) is 0 Å². The van der Waals surface area contributed by atoms with Crippen LogP contribution >= 0.6 is 0 Å². The van der Waals surface area contributed by atoms with Gasteiger partial charge in [0.25, 0.3) is 0 Å². The molecular formula is C15H30N2O2S. The average Bonchev–Trinajstić information content (AvgIpc) is 2.36. The number of rotatable bonds is 5. The van der Waals surface area contributed by atoms with Crippen LogP contribution in [0.3, 0.4) is 0 Å². The van der Waals surface area contributed by atoms with Gasteiger partial charge in [0.15, 0.2) is 0 Å². The predicted molar refractivity (Wildman–Crippen MR) is 83.7 cm³/mol. The highest BCUT2D eigenvalue weighted by Crippen LogP contribution is 2.27. The van der Waals surface area contributed by atoms with Crippen molar-refractivity contribution in [3.8, 4) is 0 Å². The molecule has 0 spiro atoms. The Bertz CT molecular complexity index is 408. The molecule has 2 saturated heterocycles. The second-order valence-corrected chi connectivity index (χ2v) is 9.19. The van der Waals surface area contributed by atoms with Crippen molar-refractivity contribution in [2.45, 2.75) is 51.6 Å². The lowest BCUT2D eigenvalue weighted by Crippen LogP contribution is -2.61. The van der Waals surface area contributed by atoms with Gasteiger partial charge in [0, 0.05) is 31.4 Å². The molecule has 2 unspecified atom stereocenters. The average molecular weight is 302 g/mol. The summed E-state index contributed by atoms with van der Waals surface area (Å²) < 4.78 is 22.6. The van der Waals surface area contributed by atoms with Gasteiger partial charge in [-0.2, -0.15) is 0 Å². The third-order valence-corrected chi connectivity index (χ3v) is 5.85. The van der Waals surface area contributed by atoms with Gasteiger partial charge in [0.05, 0.1) is 5.75 Å². The van der Waals surface area contributed by atoms with Crippen molar-refractivity contribution in [1.82, 2.24) is 9.80 Å². The van der Waals surface area contributed by atoms with Crippen molar-refractivity contribution < 1.29 is 8.42 Å². The van der Waals surface area contributed by atoms with E-state index in [-0.39, 0.29) is 0 Å². The molecular weight excluding hydrogens is 272 g/mol. The third kappa shape index (κ3) is 4.43. The zero-order valence-corrected chi connectivity index (χ0v) is 14.0. The van der Waals surface area contributed by atoms with E-state index < -0.39 is 9.84 Å². The van der Waals surface area contributed by atoms with Gasteiger partial charge in [0.1, 0.15) is 9.84 Å². The summed E-state index contributed by atoms with van der Waals surface area (Å²) in [4.78, 5) is 5.23. The fraction of sp³-hybridized carbons (Fsp3) is 1.00.